The van der Waals surface area contributed by atoms with Gasteiger partial charge in [0.25, 0.3) is 17.7 Å². The lowest BCUT2D eigenvalue weighted by molar-refractivity contribution is 0.0714. The van der Waals surface area contributed by atoms with Gasteiger partial charge in [-0.3, -0.25) is 23.7 Å². The maximum absolute atomic E-state index is 15.1. The lowest BCUT2D eigenvalue weighted by Crippen LogP contribution is -2.45. The van der Waals surface area contributed by atoms with Crippen molar-refractivity contribution in [3.05, 3.63) is 89.4 Å². The van der Waals surface area contributed by atoms with Gasteiger partial charge in [-0.15, -0.1) is 0 Å². The van der Waals surface area contributed by atoms with Crippen molar-refractivity contribution < 1.29 is 28.3 Å². The molecule has 3 amide bonds. The minimum Gasteiger partial charge on any atom is -0.391 e. The fourth-order valence-electron chi connectivity index (χ4n) is 6.42. The SMILES string of the molecule is CC1CCCN1CCNC(=O)c1ccc(F)c(NC(=O)c2cnc3cc(-c4ccc(C(=O)N[C@@H]5CCCC[C@H]5O)c(F)c4)ccn23)c1. The van der Waals surface area contributed by atoms with Crippen LogP contribution < -0.4 is 16.0 Å². The molecule has 3 atom stereocenters. The number of hydrogen-bond acceptors (Lipinski definition) is 6. The van der Waals surface area contributed by atoms with Gasteiger partial charge < -0.3 is 21.1 Å². The lowest BCUT2D eigenvalue weighted by Gasteiger charge is -2.28. The van der Waals surface area contributed by atoms with Crippen molar-refractivity contribution in [3.63, 3.8) is 0 Å². The molecular formula is C35H38F2N6O4. The monoisotopic (exact) mass is 644 g/mol. The van der Waals surface area contributed by atoms with Gasteiger partial charge in [0.05, 0.1) is 29.6 Å². The fraction of sp³-hybridized carbons (Fsp3) is 0.371. The molecule has 0 spiro atoms. The molecule has 10 nitrogen and oxygen atoms in total. The minimum atomic E-state index is -0.701. The van der Waals surface area contributed by atoms with E-state index in [0.29, 0.717) is 42.2 Å². The number of hydrogen-bond donors (Lipinski definition) is 4. The Morgan fingerprint density at radius 3 is 2.49 bits per heavy atom. The van der Waals surface area contributed by atoms with Crippen LogP contribution in [-0.2, 0) is 0 Å². The Labute approximate surface area is 271 Å². The quantitative estimate of drug-likeness (QED) is 0.208. The number of carbonyl (C=O) groups is 3. The molecule has 0 radical (unpaired) electrons. The third-order valence-corrected chi connectivity index (χ3v) is 9.19. The number of amides is 3. The van der Waals surface area contributed by atoms with E-state index in [9.17, 15) is 23.9 Å². The van der Waals surface area contributed by atoms with E-state index in [0.717, 1.165) is 44.8 Å². The van der Waals surface area contributed by atoms with Gasteiger partial charge in [-0.1, -0.05) is 18.9 Å². The summed E-state index contributed by atoms with van der Waals surface area (Å²) in [6.45, 7) is 4.37. The molecular weight excluding hydrogens is 606 g/mol. The van der Waals surface area contributed by atoms with Crippen LogP contribution in [0.4, 0.5) is 14.5 Å². The summed E-state index contributed by atoms with van der Waals surface area (Å²) < 4.78 is 31.3. The molecule has 4 N–H and O–H groups in total. The standard InChI is InChI=1S/C35H38F2N6O4/c1-21-5-4-14-42(21)16-13-38-33(45)24-9-11-26(36)29(18-24)41-35(47)30-20-39-32-19-23(12-15-43(30)32)22-8-10-25(27(37)17-22)34(46)40-28-6-2-3-7-31(28)44/h8-12,15,17-21,28,31,44H,2-7,13-14,16H2,1H3,(H,38,45)(H,40,46)(H,41,47)/t21?,28-,31-/m1/s1. The normalized spacial score (nSPS) is 19.9. The Balaban J connectivity index is 1.11. The third kappa shape index (κ3) is 7.18. The van der Waals surface area contributed by atoms with Crippen LogP contribution in [0, 0.1) is 11.6 Å². The van der Waals surface area contributed by atoms with Crippen LogP contribution in [0.25, 0.3) is 16.8 Å². The molecule has 1 aliphatic heterocycles. The Morgan fingerprint density at radius 1 is 0.915 bits per heavy atom. The first kappa shape index (κ1) is 32.3. The molecule has 6 rings (SSSR count). The molecule has 2 fully saturated rings. The van der Waals surface area contributed by atoms with Crippen molar-refractivity contribution in [2.24, 2.45) is 0 Å². The summed E-state index contributed by atoms with van der Waals surface area (Å²) in [6.07, 6.45) is 7.63. The Kier molecular flexibility index (Phi) is 9.60. The summed E-state index contributed by atoms with van der Waals surface area (Å²) >= 11 is 0. The highest BCUT2D eigenvalue weighted by Crippen LogP contribution is 2.26. The number of likely N-dealkylation sites (tertiary alicyclic amines) is 1. The number of aromatic nitrogens is 2. The number of benzene rings is 2. The Morgan fingerprint density at radius 2 is 1.72 bits per heavy atom. The maximum atomic E-state index is 15.1. The van der Waals surface area contributed by atoms with Crippen molar-refractivity contribution in [2.45, 2.75) is 63.6 Å². The summed E-state index contributed by atoms with van der Waals surface area (Å²) in [6, 6.07) is 11.5. The number of carbonyl (C=O) groups excluding carboxylic acids is 3. The molecule has 1 aliphatic carbocycles. The van der Waals surface area contributed by atoms with Gasteiger partial charge in [0.1, 0.15) is 23.0 Å². The number of fused-ring (bicyclic) bond motifs is 1. The number of imidazole rings is 1. The van der Waals surface area contributed by atoms with E-state index >= 15 is 4.39 Å². The van der Waals surface area contributed by atoms with Crippen LogP contribution in [0.3, 0.4) is 0 Å². The molecule has 246 valence electrons. The zero-order chi connectivity index (χ0) is 33.1. The second kappa shape index (κ2) is 14.0. The number of pyridine rings is 1. The summed E-state index contributed by atoms with van der Waals surface area (Å²) in [5.74, 6) is -2.95. The van der Waals surface area contributed by atoms with E-state index in [1.54, 1.807) is 24.4 Å². The molecule has 2 aliphatic rings. The molecule has 2 aromatic heterocycles. The Hall–Kier alpha value is -4.68. The molecule has 1 saturated carbocycles. The predicted molar refractivity (Wildman–Crippen MR) is 173 cm³/mol. The molecule has 4 aromatic rings. The first-order valence-electron chi connectivity index (χ1n) is 16.1. The number of aliphatic hydroxyl groups is 1. The molecule has 2 aromatic carbocycles. The summed E-state index contributed by atoms with van der Waals surface area (Å²) in [7, 11) is 0. The van der Waals surface area contributed by atoms with Crippen molar-refractivity contribution >= 4 is 29.1 Å². The van der Waals surface area contributed by atoms with E-state index in [4.69, 9.17) is 0 Å². The number of nitrogens with zero attached hydrogens (tertiary/aromatic N) is 3. The molecule has 1 unspecified atom stereocenters. The molecule has 3 heterocycles. The topological polar surface area (TPSA) is 128 Å². The van der Waals surface area contributed by atoms with Crippen molar-refractivity contribution in [1.29, 1.82) is 0 Å². The highest BCUT2D eigenvalue weighted by atomic mass is 19.1. The van der Waals surface area contributed by atoms with Gasteiger partial charge in [0, 0.05) is 30.9 Å². The summed E-state index contributed by atoms with van der Waals surface area (Å²) in [5, 5.41) is 18.3. The van der Waals surface area contributed by atoms with Crippen molar-refractivity contribution in [2.75, 3.05) is 25.0 Å². The number of nitrogens with one attached hydrogen (secondary N) is 3. The molecule has 0 bridgehead atoms. The van der Waals surface area contributed by atoms with Gasteiger partial charge in [-0.2, -0.15) is 0 Å². The van der Waals surface area contributed by atoms with Crippen LogP contribution >= 0.6 is 0 Å². The van der Waals surface area contributed by atoms with Gasteiger partial charge in [-0.25, -0.2) is 13.8 Å². The number of anilines is 1. The van der Waals surface area contributed by atoms with Crippen LogP contribution in [0.15, 0.2) is 60.9 Å². The average molecular weight is 645 g/mol. The second-order valence-electron chi connectivity index (χ2n) is 12.3. The van der Waals surface area contributed by atoms with Crippen LogP contribution in [-0.4, -0.2) is 74.9 Å². The number of rotatable bonds is 9. The van der Waals surface area contributed by atoms with Gasteiger partial charge in [0.15, 0.2) is 0 Å². The number of halogens is 2. The first-order chi connectivity index (χ1) is 22.7. The zero-order valence-electron chi connectivity index (χ0n) is 26.1. The summed E-state index contributed by atoms with van der Waals surface area (Å²) in [4.78, 5) is 45.3. The lowest BCUT2D eigenvalue weighted by atomic mass is 9.92. The smallest absolute Gasteiger partial charge is 0.274 e. The van der Waals surface area contributed by atoms with E-state index in [-0.39, 0.29) is 28.4 Å². The number of aliphatic hydroxyl groups excluding tert-OH is 1. The average Bonchev–Trinajstić information content (AvgIpc) is 3.68. The largest absolute Gasteiger partial charge is 0.391 e. The van der Waals surface area contributed by atoms with Crippen LogP contribution in [0.1, 0.15) is 76.7 Å². The van der Waals surface area contributed by atoms with Gasteiger partial charge in [-0.05, 0) is 92.7 Å². The maximum Gasteiger partial charge on any atom is 0.274 e. The zero-order valence-corrected chi connectivity index (χ0v) is 26.1. The van der Waals surface area contributed by atoms with Crippen LogP contribution in [0.2, 0.25) is 0 Å². The fourth-order valence-corrected chi connectivity index (χ4v) is 6.42. The second-order valence-corrected chi connectivity index (χ2v) is 12.3. The summed E-state index contributed by atoms with van der Waals surface area (Å²) in [5.41, 5.74) is 1.60. The third-order valence-electron chi connectivity index (χ3n) is 9.19. The molecule has 47 heavy (non-hydrogen) atoms. The van der Waals surface area contributed by atoms with E-state index in [1.165, 1.54) is 34.9 Å². The van der Waals surface area contributed by atoms with E-state index < -0.39 is 35.6 Å². The minimum absolute atomic E-state index is 0.113. The Bertz CT molecular complexity index is 1810. The first-order valence-corrected chi connectivity index (χ1v) is 16.1. The van der Waals surface area contributed by atoms with Gasteiger partial charge in [0.2, 0.25) is 0 Å². The predicted octanol–water partition coefficient (Wildman–Crippen LogP) is 4.78. The molecule has 12 heteroatoms. The molecule has 1 saturated heterocycles. The highest BCUT2D eigenvalue weighted by molar-refractivity contribution is 6.04. The van der Waals surface area contributed by atoms with E-state index in [1.807, 2.05) is 0 Å². The van der Waals surface area contributed by atoms with E-state index in [2.05, 4.69) is 32.8 Å². The van der Waals surface area contributed by atoms with Crippen molar-refractivity contribution in [3.8, 4) is 11.1 Å². The highest BCUT2D eigenvalue weighted by Gasteiger charge is 2.26. The van der Waals surface area contributed by atoms with Gasteiger partial charge >= 0.3 is 0 Å². The van der Waals surface area contributed by atoms with Crippen molar-refractivity contribution in [1.82, 2.24) is 24.9 Å². The van der Waals surface area contributed by atoms with Crippen LogP contribution in [0.5, 0.6) is 0 Å².